The van der Waals surface area contributed by atoms with Crippen LogP contribution in [0.2, 0.25) is 0 Å². The lowest BCUT2D eigenvalue weighted by atomic mass is 10.2. The molecule has 2 aromatic carbocycles. The van der Waals surface area contributed by atoms with Crippen LogP contribution in [0.1, 0.15) is 15.9 Å². The van der Waals surface area contributed by atoms with E-state index in [1.165, 1.54) is 6.07 Å². The molecule has 1 aliphatic rings. The molecule has 148 valence electrons. The van der Waals surface area contributed by atoms with Gasteiger partial charge in [-0.25, -0.2) is 4.39 Å². The number of pyridine rings is 1. The number of nitrogens with zero attached hydrogens (tertiary/aromatic N) is 3. The molecule has 0 unspecified atom stereocenters. The van der Waals surface area contributed by atoms with Crippen molar-refractivity contribution in [3.63, 3.8) is 0 Å². The van der Waals surface area contributed by atoms with Gasteiger partial charge in [-0.15, -0.1) is 0 Å². The molecule has 6 heteroatoms. The molecule has 1 amide bonds. The fourth-order valence-corrected chi connectivity index (χ4v) is 3.56. The summed E-state index contributed by atoms with van der Waals surface area (Å²) in [5.74, 6) is -0.287. The first-order valence-electron chi connectivity index (χ1n) is 9.68. The number of aryl methyl sites for hydroxylation is 1. The molecule has 1 fully saturated rings. The molecule has 1 saturated heterocycles. The van der Waals surface area contributed by atoms with Crippen molar-refractivity contribution in [1.29, 1.82) is 0 Å². The van der Waals surface area contributed by atoms with Crippen LogP contribution >= 0.6 is 0 Å². The second-order valence-corrected chi connectivity index (χ2v) is 7.19. The average molecular weight is 390 g/mol. The third kappa shape index (κ3) is 4.37. The highest BCUT2D eigenvalue weighted by atomic mass is 19.1. The largest absolute Gasteiger partial charge is 0.366 e. The van der Waals surface area contributed by atoms with Gasteiger partial charge in [-0.3, -0.25) is 9.78 Å². The number of hydrogen-bond acceptors (Lipinski definition) is 4. The molecule has 1 aromatic heterocycles. The minimum atomic E-state index is -0.230. The van der Waals surface area contributed by atoms with Crippen LogP contribution in [0.4, 0.5) is 21.5 Å². The molecule has 0 bridgehead atoms. The lowest BCUT2D eigenvalue weighted by Gasteiger charge is -2.36. The summed E-state index contributed by atoms with van der Waals surface area (Å²) in [4.78, 5) is 20.9. The Balaban J connectivity index is 1.42. The van der Waals surface area contributed by atoms with Gasteiger partial charge in [-0.05, 0) is 42.8 Å². The van der Waals surface area contributed by atoms with E-state index in [0.717, 1.165) is 16.9 Å². The zero-order valence-electron chi connectivity index (χ0n) is 16.3. The maximum atomic E-state index is 14.0. The van der Waals surface area contributed by atoms with Gasteiger partial charge in [0.15, 0.2) is 0 Å². The number of carbonyl (C=O) groups excluding carboxylic acids is 1. The third-order valence-electron chi connectivity index (χ3n) is 5.05. The van der Waals surface area contributed by atoms with Crippen LogP contribution in [0.15, 0.2) is 67.0 Å². The fourth-order valence-electron chi connectivity index (χ4n) is 3.56. The van der Waals surface area contributed by atoms with E-state index < -0.39 is 0 Å². The number of halogens is 1. The van der Waals surface area contributed by atoms with Crippen LogP contribution in [0.3, 0.4) is 0 Å². The van der Waals surface area contributed by atoms with Crippen molar-refractivity contribution in [2.24, 2.45) is 0 Å². The van der Waals surface area contributed by atoms with Crippen LogP contribution in [0.5, 0.6) is 0 Å². The molecular weight excluding hydrogens is 367 g/mol. The molecule has 1 aliphatic heterocycles. The quantitative estimate of drug-likeness (QED) is 0.724. The molecular formula is C23H23FN4O. The monoisotopic (exact) mass is 390 g/mol. The Bertz CT molecular complexity index is 1020. The van der Waals surface area contributed by atoms with E-state index in [1.54, 1.807) is 29.4 Å². The molecule has 5 nitrogen and oxygen atoms in total. The number of rotatable bonds is 4. The van der Waals surface area contributed by atoms with E-state index in [1.807, 2.05) is 48.2 Å². The molecule has 29 heavy (non-hydrogen) atoms. The minimum absolute atomic E-state index is 0.0569. The van der Waals surface area contributed by atoms with Crippen LogP contribution in [-0.2, 0) is 0 Å². The summed E-state index contributed by atoms with van der Waals surface area (Å²) in [7, 11) is 0. The Kier molecular flexibility index (Phi) is 5.42. The van der Waals surface area contributed by atoms with E-state index in [4.69, 9.17) is 0 Å². The van der Waals surface area contributed by atoms with Crippen LogP contribution < -0.4 is 10.2 Å². The molecule has 0 spiro atoms. The lowest BCUT2D eigenvalue weighted by molar-refractivity contribution is 0.0746. The number of benzene rings is 2. The predicted molar refractivity (Wildman–Crippen MR) is 113 cm³/mol. The van der Waals surface area contributed by atoms with Crippen molar-refractivity contribution in [1.82, 2.24) is 9.88 Å². The molecule has 0 radical (unpaired) electrons. The third-order valence-corrected chi connectivity index (χ3v) is 5.05. The summed E-state index contributed by atoms with van der Waals surface area (Å²) in [6.07, 6.45) is 3.29. The number of piperazine rings is 1. The molecule has 0 aliphatic carbocycles. The predicted octanol–water partition coefficient (Wildman–Crippen LogP) is 4.24. The van der Waals surface area contributed by atoms with E-state index in [2.05, 4.69) is 10.3 Å². The van der Waals surface area contributed by atoms with Gasteiger partial charge in [0.2, 0.25) is 0 Å². The topological polar surface area (TPSA) is 48.5 Å². The van der Waals surface area contributed by atoms with Gasteiger partial charge >= 0.3 is 0 Å². The van der Waals surface area contributed by atoms with Crippen molar-refractivity contribution in [3.05, 3.63) is 83.9 Å². The van der Waals surface area contributed by atoms with Gasteiger partial charge in [0.25, 0.3) is 5.91 Å². The number of hydrogen-bond donors (Lipinski definition) is 1. The maximum Gasteiger partial charge on any atom is 0.255 e. The first kappa shape index (κ1) is 18.9. The van der Waals surface area contributed by atoms with E-state index in [9.17, 15) is 9.18 Å². The van der Waals surface area contributed by atoms with Crippen molar-refractivity contribution in [2.75, 3.05) is 36.4 Å². The summed E-state index contributed by atoms with van der Waals surface area (Å²) >= 11 is 0. The normalized spacial score (nSPS) is 14.0. The van der Waals surface area contributed by atoms with E-state index in [-0.39, 0.29) is 11.7 Å². The number of amides is 1. The molecule has 3 aromatic rings. The molecule has 0 atom stereocenters. The van der Waals surface area contributed by atoms with Crippen LogP contribution in [0.25, 0.3) is 0 Å². The number of para-hydroxylation sites is 1. The van der Waals surface area contributed by atoms with Crippen molar-refractivity contribution >= 4 is 23.0 Å². The number of carbonyl (C=O) groups is 1. The first-order chi connectivity index (χ1) is 14.1. The zero-order valence-corrected chi connectivity index (χ0v) is 16.3. The highest BCUT2D eigenvalue weighted by Gasteiger charge is 2.23. The second-order valence-electron chi connectivity index (χ2n) is 7.19. The molecule has 1 N–H and O–H groups in total. The Hall–Kier alpha value is -3.41. The minimum Gasteiger partial charge on any atom is -0.366 e. The zero-order chi connectivity index (χ0) is 20.2. The Labute approximate surface area is 169 Å². The van der Waals surface area contributed by atoms with Gasteiger partial charge in [0.1, 0.15) is 5.82 Å². The van der Waals surface area contributed by atoms with E-state index >= 15 is 0 Å². The Morgan fingerprint density at radius 1 is 0.966 bits per heavy atom. The highest BCUT2D eigenvalue weighted by Crippen LogP contribution is 2.22. The molecule has 4 rings (SSSR count). The Morgan fingerprint density at radius 3 is 2.52 bits per heavy atom. The van der Waals surface area contributed by atoms with Crippen molar-refractivity contribution in [2.45, 2.75) is 6.92 Å². The van der Waals surface area contributed by atoms with E-state index in [0.29, 0.717) is 37.4 Å². The molecule has 2 heterocycles. The van der Waals surface area contributed by atoms with Gasteiger partial charge < -0.3 is 15.1 Å². The number of anilines is 3. The van der Waals surface area contributed by atoms with Gasteiger partial charge in [-0.2, -0.15) is 0 Å². The van der Waals surface area contributed by atoms with Crippen molar-refractivity contribution in [3.8, 4) is 0 Å². The standard InChI is InChI=1S/C23H23FN4O/c1-17-5-4-6-19(13-17)26-20-14-18(15-25-16-20)23(29)28-11-9-27(10-12-28)22-8-3-2-7-21(22)24/h2-8,13-16,26H,9-12H2,1H3. The van der Waals surface area contributed by atoms with Crippen molar-refractivity contribution < 1.29 is 9.18 Å². The summed E-state index contributed by atoms with van der Waals surface area (Å²) < 4.78 is 14.0. The van der Waals surface area contributed by atoms with Crippen LogP contribution in [-0.4, -0.2) is 42.0 Å². The first-order valence-corrected chi connectivity index (χ1v) is 9.68. The summed E-state index contributed by atoms with van der Waals surface area (Å²) in [6, 6.07) is 16.6. The highest BCUT2D eigenvalue weighted by molar-refractivity contribution is 5.95. The summed E-state index contributed by atoms with van der Waals surface area (Å²) in [5.41, 5.74) is 4.01. The fraction of sp³-hybridized carbons (Fsp3) is 0.217. The maximum absolute atomic E-state index is 14.0. The Morgan fingerprint density at radius 2 is 1.76 bits per heavy atom. The summed E-state index contributed by atoms with van der Waals surface area (Å²) in [5, 5.41) is 3.29. The van der Waals surface area contributed by atoms with Gasteiger partial charge in [0.05, 0.1) is 23.1 Å². The second kappa shape index (κ2) is 8.31. The summed E-state index contributed by atoms with van der Waals surface area (Å²) in [6.45, 7) is 4.32. The lowest BCUT2D eigenvalue weighted by Crippen LogP contribution is -2.49. The van der Waals surface area contributed by atoms with Gasteiger partial charge in [-0.1, -0.05) is 24.3 Å². The number of aromatic nitrogens is 1. The van der Waals surface area contributed by atoms with Gasteiger partial charge in [0, 0.05) is 38.1 Å². The SMILES string of the molecule is Cc1cccc(Nc2cncc(C(=O)N3CCN(c4ccccc4F)CC3)c2)c1. The smallest absolute Gasteiger partial charge is 0.255 e. The van der Waals surface area contributed by atoms with Crippen LogP contribution in [0, 0.1) is 12.7 Å². The number of nitrogens with one attached hydrogen (secondary N) is 1. The molecule has 0 saturated carbocycles. The average Bonchev–Trinajstić information content (AvgIpc) is 2.74.